The first-order valence-electron chi connectivity index (χ1n) is 8.01. The van der Waals surface area contributed by atoms with Crippen molar-refractivity contribution in [1.29, 1.82) is 0 Å². The molecule has 1 N–H and O–H groups in total. The summed E-state index contributed by atoms with van der Waals surface area (Å²) in [5.74, 6) is 1.22. The zero-order valence-corrected chi connectivity index (χ0v) is 12.9. The lowest BCUT2D eigenvalue weighted by Gasteiger charge is -2.16. The smallest absolute Gasteiger partial charge is 0.119 e. The molecule has 1 atom stereocenters. The van der Waals surface area contributed by atoms with Crippen molar-refractivity contribution in [2.75, 3.05) is 0 Å². The summed E-state index contributed by atoms with van der Waals surface area (Å²) in [5, 5.41) is 10.2. The number of phenols is 1. The molecular formula is C18H30O. The first kappa shape index (κ1) is 16.1. The van der Waals surface area contributed by atoms with Gasteiger partial charge in [0.2, 0.25) is 0 Å². The van der Waals surface area contributed by atoms with Crippen LogP contribution in [0.4, 0.5) is 0 Å². The Morgan fingerprint density at radius 2 is 1.79 bits per heavy atom. The Hall–Kier alpha value is -0.980. The summed E-state index contributed by atoms with van der Waals surface area (Å²) in [4.78, 5) is 0. The maximum absolute atomic E-state index is 10.2. The summed E-state index contributed by atoms with van der Waals surface area (Å²) < 4.78 is 0. The molecule has 0 fully saturated rings. The predicted molar refractivity (Wildman–Crippen MR) is 83.7 cm³/mol. The number of benzene rings is 1. The lowest BCUT2D eigenvalue weighted by Crippen LogP contribution is -2.04. The molecule has 0 bridgehead atoms. The van der Waals surface area contributed by atoms with Gasteiger partial charge in [0.1, 0.15) is 5.75 Å². The largest absolute Gasteiger partial charge is 0.508 e. The molecule has 1 aromatic carbocycles. The Labute approximate surface area is 119 Å². The number of aromatic hydroxyl groups is 1. The highest BCUT2D eigenvalue weighted by Gasteiger charge is 2.10. The van der Waals surface area contributed by atoms with Crippen LogP contribution in [-0.4, -0.2) is 5.11 Å². The molecule has 0 saturated heterocycles. The third kappa shape index (κ3) is 5.67. The second-order valence-electron chi connectivity index (χ2n) is 5.69. The van der Waals surface area contributed by atoms with Gasteiger partial charge in [-0.1, -0.05) is 65.0 Å². The maximum Gasteiger partial charge on any atom is 0.119 e. The van der Waals surface area contributed by atoms with Gasteiger partial charge in [-0.25, -0.2) is 0 Å². The molecule has 108 valence electrons. The van der Waals surface area contributed by atoms with E-state index in [9.17, 15) is 5.11 Å². The fourth-order valence-electron chi connectivity index (χ4n) is 2.57. The topological polar surface area (TPSA) is 20.2 Å². The summed E-state index contributed by atoms with van der Waals surface area (Å²) in [6.07, 6.45) is 9.56. The van der Waals surface area contributed by atoms with Crippen molar-refractivity contribution >= 4 is 0 Å². The first-order chi connectivity index (χ1) is 9.21. The number of rotatable bonds is 9. The minimum absolute atomic E-state index is 0.503. The predicted octanol–water partition coefficient (Wildman–Crippen LogP) is 5.49. The number of hydrogen-bond acceptors (Lipinski definition) is 1. The highest BCUT2D eigenvalue weighted by molar-refractivity contribution is 5.36. The number of hydrogen-bond donors (Lipinski definition) is 1. The fraction of sp³-hybridized carbons (Fsp3) is 0.667. The Kier molecular flexibility index (Phi) is 7.62. The quantitative estimate of drug-likeness (QED) is 0.623. The van der Waals surface area contributed by atoms with E-state index in [1.54, 1.807) is 0 Å². The second kappa shape index (κ2) is 9.01. The zero-order valence-electron chi connectivity index (χ0n) is 12.9. The van der Waals surface area contributed by atoms with E-state index in [2.05, 4.69) is 32.9 Å². The van der Waals surface area contributed by atoms with E-state index in [1.807, 2.05) is 6.07 Å². The molecule has 1 nitrogen and oxygen atoms in total. The highest BCUT2D eigenvalue weighted by Crippen LogP contribution is 2.26. The summed E-state index contributed by atoms with van der Waals surface area (Å²) in [5.41, 5.74) is 2.40. The lowest BCUT2D eigenvalue weighted by molar-refractivity contribution is 0.426. The van der Waals surface area contributed by atoms with Gasteiger partial charge in [0.25, 0.3) is 0 Å². The summed E-state index contributed by atoms with van der Waals surface area (Å²) in [7, 11) is 0. The Morgan fingerprint density at radius 3 is 2.37 bits per heavy atom. The van der Waals surface area contributed by atoms with Crippen LogP contribution in [0.15, 0.2) is 18.2 Å². The van der Waals surface area contributed by atoms with E-state index in [0.29, 0.717) is 11.7 Å². The maximum atomic E-state index is 10.2. The minimum Gasteiger partial charge on any atom is -0.508 e. The highest BCUT2D eigenvalue weighted by atomic mass is 16.3. The molecule has 1 aromatic rings. The summed E-state index contributed by atoms with van der Waals surface area (Å²) >= 11 is 0. The second-order valence-corrected chi connectivity index (χ2v) is 5.69. The van der Waals surface area contributed by atoms with Crippen molar-refractivity contribution in [2.24, 2.45) is 5.92 Å². The number of aryl methyl sites for hydroxylation is 1. The van der Waals surface area contributed by atoms with Crippen LogP contribution in [0.1, 0.15) is 70.4 Å². The number of unbranched alkanes of at least 4 members (excludes halogenated alkanes) is 2. The van der Waals surface area contributed by atoms with Crippen LogP contribution in [0.3, 0.4) is 0 Å². The van der Waals surface area contributed by atoms with Crippen LogP contribution in [0.2, 0.25) is 0 Å². The van der Waals surface area contributed by atoms with Gasteiger partial charge in [0, 0.05) is 0 Å². The van der Waals surface area contributed by atoms with E-state index in [-0.39, 0.29) is 0 Å². The monoisotopic (exact) mass is 262 g/mol. The van der Waals surface area contributed by atoms with Crippen LogP contribution < -0.4 is 0 Å². The van der Waals surface area contributed by atoms with Crippen molar-refractivity contribution in [3.8, 4) is 5.75 Å². The van der Waals surface area contributed by atoms with Crippen molar-refractivity contribution in [3.05, 3.63) is 29.3 Å². The van der Waals surface area contributed by atoms with Gasteiger partial charge in [-0.3, -0.25) is 0 Å². The molecule has 1 rings (SSSR count). The SMILES string of the molecule is CCCCc1ccc(CC(CC)CCCC)c(O)c1. The molecule has 0 aliphatic rings. The average molecular weight is 262 g/mol. The van der Waals surface area contributed by atoms with E-state index in [4.69, 9.17) is 0 Å². The van der Waals surface area contributed by atoms with Crippen LogP contribution in [-0.2, 0) is 12.8 Å². The van der Waals surface area contributed by atoms with E-state index in [0.717, 1.165) is 18.4 Å². The molecule has 0 amide bonds. The van der Waals surface area contributed by atoms with Gasteiger partial charge in [-0.2, -0.15) is 0 Å². The normalized spacial score (nSPS) is 12.6. The van der Waals surface area contributed by atoms with Crippen LogP contribution in [0.25, 0.3) is 0 Å². The molecule has 0 heterocycles. The third-order valence-electron chi connectivity index (χ3n) is 4.02. The van der Waals surface area contributed by atoms with Crippen molar-refractivity contribution < 1.29 is 5.11 Å². The zero-order chi connectivity index (χ0) is 14.1. The molecule has 19 heavy (non-hydrogen) atoms. The van der Waals surface area contributed by atoms with Gasteiger partial charge in [0.05, 0.1) is 0 Å². The average Bonchev–Trinajstić information content (AvgIpc) is 2.43. The van der Waals surface area contributed by atoms with Crippen molar-refractivity contribution in [1.82, 2.24) is 0 Å². The fourth-order valence-corrected chi connectivity index (χ4v) is 2.57. The number of phenolic OH excluding ortho intramolecular Hbond substituents is 1. The van der Waals surface area contributed by atoms with Gasteiger partial charge >= 0.3 is 0 Å². The van der Waals surface area contributed by atoms with Gasteiger partial charge in [0.15, 0.2) is 0 Å². The van der Waals surface area contributed by atoms with Gasteiger partial charge in [-0.05, 0) is 42.4 Å². The molecule has 0 aliphatic carbocycles. The van der Waals surface area contributed by atoms with Crippen molar-refractivity contribution in [2.45, 2.75) is 72.1 Å². The van der Waals surface area contributed by atoms with E-state index < -0.39 is 0 Å². The van der Waals surface area contributed by atoms with E-state index >= 15 is 0 Å². The van der Waals surface area contributed by atoms with Crippen LogP contribution >= 0.6 is 0 Å². The van der Waals surface area contributed by atoms with E-state index in [1.165, 1.54) is 44.1 Å². The molecule has 0 aromatic heterocycles. The Bertz CT molecular complexity index is 357. The lowest BCUT2D eigenvalue weighted by atomic mass is 9.91. The molecule has 1 unspecified atom stereocenters. The molecule has 0 saturated carbocycles. The van der Waals surface area contributed by atoms with Gasteiger partial charge in [-0.15, -0.1) is 0 Å². The standard InChI is InChI=1S/C18H30O/c1-4-7-9-15(6-3)13-17-12-11-16(10-8-5-2)14-18(17)19/h11-12,14-15,19H,4-10,13H2,1-3H3. The van der Waals surface area contributed by atoms with Gasteiger partial charge < -0.3 is 5.11 Å². The summed E-state index contributed by atoms with van der Waals surface area (Å²) in [6.45, 7) is 6.70. The minimum atomic E-state index is 0.503. The molecule has 0 spiro atoms. The Balaban J connectivity index is 2.62. The molecule has 1 heteroatoms. The molecule has 0 aliphatic heterocycles. The van der Waals surface area contributed by atoms with Crippen molar-refractivity contribution in [3.63, 3.8) is 0 Å². The first-order valence-corrected chi connectivity index (χ1v) is 8.01. The Morgan fingerprint density at radius 1 is 1.05 bits per heavy atom. The molecule has 0 radical (unpaired) electrons. The van der Waals surface area contributed by atoms with Crippen LogP contribution in [0.5, 0.6) is 5.75 Å². The third-order valence-corrected chi connectivity index (χ3v) is 4.02. The summed E-state index contributed by atoms with van der Waals surface area (Å²) in [6, 6.07) is 6.30. The molecular weight excluding hydrogens is 232 g/mol. The van der Waals surface area contributed by atoms with Crippen LogP contribution in [0, 0.1) is 5.92 Å².